The molecule has 0 atom stereocenters. The number of aromatic nitrogens is 2. The van der Waals surface area contributed by atoms with E-state index in [-0.39, 0.29) is 17.9 Å². The lowest BCUT2D eigenvalue weighted by Gasteiger charge is -2.14. The molecule has 0 radical (unpaired) electrons. The van der Waals surface area contributed by atoms with Gasteiger partial charge in [0, 0.05) is 16.0 Å². The minimum atomic E-state index is -0.295. The molecule has 1 amide bonds. The smallest absolute Gasteiger partial charge is 0.263 e. The van der Waals surface area contributed by atoms with E-state index in [0.717, 1.165) is 15.9 Å². The SMILES string of the molecule is CC(C)(C)c1cc(NC(=O)COc2ccc(Br)cc2Cl)n(-c2ccccc2)n1. The number of halogens is 2. The second-order valence-electron chi connectivity index (χ2n) is 7.32. The molecule has 0 aliphatic heterocycles. The largest absolute Gasteiger partial charge is 0.482 e. The van der Waals surface area contributed by atoms with Gasteiger partial charge < -0.3 is 10.1 Å². The maximum Gasteiger partial charge on any atom is 0.263 e. The zero-order chi connectivity index (χ0) is 20.3. The lowest BCUT2D eigenvalue weighted by molar-refractivity contribution is -0.118. The summed E-state index contributed by atoms with van der Waals surface area (Å²) in [4.78, 5) is 12.5. The maximum absolute atomic E-state index is 12.5. The number of hydrogen-bond donors (Lipinski definition) is 1. The van der Waals surface area contributed by atoms with Gasteiger partial charge in [-0.2, -0.15) is 5.10 Å². The molecule has 0 aliphatic rings. The number of amides is 1. The number of nitrogens with zero attached hydrogens (tertiary/aromatic N) is 2. The van der Waals surface area contributed by atoms with Crippen LogP contribution >= 0.6 is 27.5 Å². The summed E-state index contributed by atoms with van der Waals surface area (Å²) in [6.45, 7) is 6.07. The Morgan fingerprint density at radius 2 is 1.89 bits per heavy atom. The minimum Gasteiger partial charge on any atom is -0.482 e. The topological polar surface area (TPSA) is 56.1 Å². The summed E-state index contributed by atoms with van der Waals surface area (Å²) >= 11 is 9.47. The molecule has 0 bridgehead atoms. The van der Waals surface area contributed by atoms with Crippen LogP contribution in [0.15, 0.2) is 59.1 Å². The number of ether oxygens (including phenoxy) is 1. The molecule has 7 heteroatoms. The highest BCUT2D eigenvalue weighted by molar-refractivity contribution is 9.10. The van der Waals surface area contributed by atoms with E-state index in [9.17, 15) is 4.79 Å². The van der Waals surface area contributed by atoms with Crippen molar-refractivity contribution in [2.24, 2.45) is 0 Å². The van der Waals surface area contributed by atoms with Gasteiger partial charge in [0.25, 0.3) is 5.91 Å². The molecule has 146 valence electrons. The highest BCUT2D eigenvalue weighted by Gasteiger charge is 2.21. The van der Waals surface area contributed by atoms with Crippen molar-refractivity contribution in [2.75, 3.05) is 11.9 Å². The summed E-state index contributed by atoms with van der Waals surface area (Å²) in [6.07, 6.45) is 0. The van der Waals surface area contributed by atoms with Gasteiger partial charge in [-0.25, -0.2) is 4.68 Å². The predicted octanol–water partition coefficient (Wildman–Crippen LogP) is 5.60. The van der Waals surface area contributed by atoms with E-state index >= 15 is 0 Å². The van der Waals surface area contributed by atoms with Crippen LogP contribution < -0.4 is 10.1 Å². The van der Waals surface area contributed by atoms with Gasteiger partial charge in [0.15, 0.2) is 6.61 Å². The lowest BCUT2D eigenvalue weighted by Crippen LogP contribution is -2.22. The van der Waals surface area contributed by atoms with Gasteiger partial charge in [-0.15, -0.1) is 0 Å². The van der Waals surface area contributed by atoms with Crippen molar-refractivity contribution in [2.45, 2.75) is 26.2 Å². The second kappa shape index (κ2) is 8.37. The van der Waals surface area contributed by atoms with Crippen LogP contribution in [0.2, 0.25) is 5.02 Å². The molecule has 2 aromatic carbocycles. The van der Waals surface area contributed by atoms with E-state index in [4.69, 9.17) is 16.3 Å². The molecule has 1 aromatic heterocycles. The van der Waals surface area contributed by atoms with Crippen LogP contribution in [0.5, 0.6) is 5.75 Å². The molecule has 1 N–H and O–H groups in total. The van der Waals surface area contributed by atoms with Crippen LogP contribution in [0.3, 0.4) is 0 Å². The van der Waals surface area contributed by atoms with Gasteiger partial charge in [-0.1, -0.05) is 66.5 Å². The number of carbonyl (C=O) groups excluding carboxylic acids is 1. The Morgan fingerprint density at radius 1 is 1.18 bits per heavy atom. The van der Waals surface area contributed by atoms with Gasteiger partial charge in [-0.3, -0.25) is 4.79 Å². The Bertz CT molecular complexity index is 981. The first-order valence-corrected chi connectivity index (χ1v) is 9.95. The third-order valence-corrected chi connectivity index (χ3v) is 4.79. The van der Waals surface area contributed by atoms with Crippen LogP contribution in [0, 0.1) is 0 Å². The molecule has 0 aliphatic carbocycles. The molecule has 0 saturated carbocycles. The van der Waals surface area contributed by atoms with E-state index in [0.29, 0.717) is 16.6 Å². The summed E-state index contributed by atoms with van der Waals surface area (Å²) in [5, 5.41) is 8.01. The molecule has 0 saturated heterocycles. The Balaban J connectivity index is 1.78. The number of nitrogens with one attached hydrogen (secondary N) is 1. The Morgan fingerprint density at radius 3 is 2.54 bits per heavy atom. The summed E-state index contributed by atoms with van der Waals surface area (Å²) in [7, 11) is 0. The quantitative estimate of drug-likeness (QED) is 0.537. The molecule has 0 unspecified atom stereocenters. The highest BCUT2D eigenvalue weighted by atomic mass is 79.9. The van der Waals surface area contributed by atoms with Crippen molar-refractivity contribution in [1.29, 1.82) is 0 Å². The van der Waals surface area contributed by atoms with Gasteiger partial charge in [0.05, 0.1) is 16.4 Å². The molecule has 28 heavy (non-hydrogen) atoms. The van der Waals surface area contributed by atoms with E-state index in [1.807, 2.05) is 36.4 Å². The first-order valence-electron chi connectivity index (χ1n) is 8.78. The fourth-order valence-electron chi connectivity index (χ4n) is 2.52. The van der Waals surface area contributed by atoms with Crippen LogP contribution in [-0.4, -0.2) is 22.3 Å². The molecule has 0 spiro atoms. The summed E-state index contributed by atoms with van der Waals surface area (Å²) in [5.74, 6) is 0.745. The fourth-order valence-corrected chi connectivity index (χ4v) is 3.25. The van der Waals surface area contributed by atoms with Crippen molar-refractivity contribution in [3.05, 3.63) is 69.8 Å². The molecule has 5 nitrogen and oxygen atoms in total. The minimum absolute atomic E-state index is 0.152. The predicted molar refractivity (Wildman–Crippen MR) is 116 cm³/mol. The number of anilines is 1. The second-order valence-corrected chi connectivity index (χ2v) is 8.65. The third kappa shape index (κ3) is 4.94. The van der Waals surface area contributed by atoms with E-state index in [1.54, 1.807) is 22.9 Å². The average Bonchev–Trinajstić information content (AvgIpc) is 3.06. The summed E-state index contributed by atoms with van der Waals surface area (Å²) in [5.41, 5.74) is 1.59. The maximum atomic E-state index is 12.5. The Hall–Kier alpha value is -2.31. The molecule has 1 heterocycles. The summed E-state index contributed by atoms with van der Waals surface area (Å²) < 4.78 is 8.12. The zero-order valence-electron chi connectivity index (χ0n) is 15.9. The molecule has 0 fully saturated rings. The highest BCUT2D eigenvalue weighted by Crippen LogP contribution is 2.28. The molecular formula is C21H21BrClN3O2. The first kappa shape index (κ1) is 20.4. The van der Waals surface area contributed by atoms with Crippen LogP contribution in [0.1, 0.15) is 26.5 Å². The normalized spacial score (nSPS) is 11.3. The van der Waals surface area contributed by atoms with E-state index < -0.39 is 0 Å². The average molecular weight is 463 g/mol. The van der Waals surface area contributed by atoms with Gasteiger partial charge in [0.1, 0.15) is 11.6 Å². The fraction of sp³-hybridized carbons (Fsp3) is 0.238. The number of hydrogen-bond acceptors (Lipinski definition) is 3. The van der Waals surface area contributed by atoms with Crippen molar-refractivity contribution in [3.8, 4) is 11.4 Å². The molecule has 3 aromatic rings. The number of benzene rings is 2. The first-order chi connectivity index (χ1) is 13.2. The summed E-state index contributed by atoms with van der Waals surface area (Å²) in [6, 6.07) is 16.8. The number of rotatable bonds is 5. The van der Waals surface area contributed by atoms with Crippen LogP contribution in [-0.2, 0) is 10.2 Å². The standard InChI is InChI=1S/C21H21BrClN3O2/c1-21(2,3)18-12-19(26(25-18)15-7-5-4-6-8-15)24-20(27)13-28-17-10-9-14(22)11-16(17)23/h4-12H,13H2,1-3H3,(H,24,27). The molecule has 3 rings (SSSR count). The van der Waals surface area contributed by atoms with Crippen LogP contribution in [0.25, 0.3) is 5.69 Å². The van der Waals surface area contributed by atoms with Crippen molar-refractivity contribution in [1.82, 2.24) is 9.78 Å². The molecular weight excluding hydrogens is 442 g/mol. The van der Waals surface area contributed by atoms with Crippen molar-refractivity contribution < 1.29 is 9.53 Å². The van der Waals surface area contributed by atoms with E-state index in [2.05, 4.69) is 47.1 Å². The Labute approximate surface area is 177 Å². The number of carbonyl (C=O) groups is 1. The van der Waals surface area contributed by atoms with Crippen LogP contribution in [0.4, 0.5) is 5.82 Å². The third-order valence-electron chi connectivity index (χ3n) is 4.00. The van der Waals surface area contributed by atoms with Gasteiger partial charge >= 0.3 is 0 Å². The monoisotopic (exact) mass is 461 g/mol. The number of para-hydroxylation sites is 1. The van der Waals surface area contributed by atoms with Gasteiger partial charge in [-0.05, 0) is 30.3 Å². The van der Waals surface area contributed by atoms with Gasteiger partial charge in [0.2, 0.25) is 0 Å². The zero-order valence-corrected chi connectivity index (χ0v) is 18.2. The van der Waals surface area contributed by atoms with Crippen molar-refractivity contribution in [3.63, 3.8) is 0 Å². The Kier molecular flexibility index (Phi) is 6.10. The lowest BCUT2D eigenvalue weighted by atomic mass is 9.92. The van der Waals surface area contributed by atoms with E-state index in [1.165, 1.54) is 0 Å². The van der Waals surface area contributed by atoms with Crippen molar-refractivity contribution >= 4 is 39.3 Å².